The van der Waals surface area contributed by atoms with Crippen molar-refractivity contribution in [2.45, 2.75) is 25.8 Å². The molecule has 0 amide bonds. The van der Waals surface area contributed by atoms with Crippen LogP contribution in [-0.4, -0.2) is 14.8 Å². The van der Waals surface area contributed by atoms with Crippen LogP contribution in [0.15, 0.2) is 18.2 Å². The van der Waals surface area contributed by atoms with Crippen molar-refractivity contribution in [2.75, 3.05) is 0 Å². The van der Waals surface area contributed by atoms with Gasteiger partial charge in [0.05, 0.1) is 10.9 Å². The Balaban J connectivity index is 2.60. The largest absolute Gasteiger partial charge is 0.307 e. The van der Waals surface area contributed by atoms with E-state index in [1.54, 1.807) is 6.07 Å². The van der Waals surface area contributed by atoms with Crippen LogP contribution >= 0.6 is 23.2 Å². The summed E-state index contributed by atoms with van der Waals surface area (Å²) in [7, 11) is 0. The summed E-state index contributed by atoms with van der Waals surface area (Å²) in [5.74, 6) is 1.16. The molecule has 1 aromatic heterocycles. The maximum absolute atomic E-state index is 13.0. The number of hydrogen-bond donors (Lipinski definition) is 0. The third-order valence-electron chi connectivity index (χ3n) is 2.57. The van der Waals surface area contributed by atoms with E-state index >= 15 is 0 Å². The van der Waals surface area contributed by atoms with Gasteiger partial charge in [0.1, 0.15) is 11.6 Å². The van der Waals surface area contributed by atoms with E-state index in [4.69, 9.17) is 23.2 Å². The molecule has 96 valence electrons. The third-order valence-corrected chi connectivity index (χ3v) is 3.13. The fraction of sp³-hybridized carbons (Fsp3) is 0.333. The summed E-state index contributed by atoms with van der Waals surface area (Å²) in [5.41, 5.74) is 0.649. The van der Waals surface area contributed by atoms with Gasteiger partial charge in [0, 0.05) is 11.6 Å². The average molecular weight is 288 g/mol. The molecule has 0 saturated carbocycles. The van der Waals surface area contributed by atoms with E-state index in [-0.39, 0.29) is 17.7 Å². The molecule has 18 heavy (non-hydrogen) atoms. The van der Waals surface area contributed by atoms with Gasteiger partial charge in [0.2, 0.25) is 0 Å². The highest BCUT2D eigenvalue weighted by Gasteiger charge is 2.17. The molecule has 0 fully saturated rings. The highest BCUT2D eigenvalue weighted by Crippen LogP contribution is 2.29. The Morgan fingerprint density at radius 3 is 2.61 bits per heavy atom. The Hall–Kier alpha value is -1.13. The van der Waals surface area contributed by atoms with Crippen LogP contribution in [-0.2, 0) is 5.88 Å². The zero-order chi connectivity index (χ0) is 13.3. The molecule has 0 spiro atoms. The van der Waals surface area contributed by atoms with Crippen molar-refractivity contribution in [3.63, 3.8) is 0 Å². The third kappa shape index (κ3) is 2.35. The van der Waals surface area contributed by atoms with Gasteiger partial charge in [-0.2, -0.15) is 0 Å². The minimum absolute atomic E-state index is 0.143. The molecular weight excluding hydrogens is 276 g/mol. The second-order valence-electron chi connectivity index (χ2n) is 4.16. The number of benzene rings is 1. The van der Waals surface area contributed by atoms with E-state index in [0.717, 1.165) is 0 Å². The fourth-order valence-electron chi connectivity index (χ4n) is 1.81. The molecule has 0 aliphatic carbocycles. The first-order valence-electron chi connectivity index (χ1n) is 5.49. The molecule has 0 bridgehead atoms. The Bertz CT molecular complexity index is 566. The summed E-state index contributed by atoms with van der Waals surface area (Å²) in [4.78, 5) is 0. The topological polar surface area (TPSA) is 30.7 Å². The van der Waals surface area contributed by atoms with Gasteiger partial charge in [-0.15, -0.1) is 21.8 Å². The Morgan fingerprint density at radius 2 is 2.06 bits per heavy atom. The van der Waals surface area contributed by atoms with Gasteiger partial charge in [-0.1, -0.05) is 11.6 Å². The lowest BCUT2D eigenvalue weighted by Gasteiger charge is -2.13. The van der Waals surface area contributed by atoms with Crippen LogP contribution in [0.5, 0.6) is 0 Å². The summed E-state index contributed by atoms with van der Waals surface area (Å²) in [6.45, 7) is 4.00. The zero-order valence-electron chi connectivity index (χ0n) is 9.99. The molecule has 0 unspecified atom stereocenters. The molecule has 0 aliphatic rings. The second kappa shape index (κ2) is 5.24. The lowest BCUT2D eigenvalue weighted by molar-refractivity contribution is 0.584. The van der Waals surface area contributed by atoms with Crippen molar-refractivity contribution in [1.29, 1.82) is 0 Å². The highest BCUT2D eigenvalue weighted by atomic mass is 35.5. The van der Waals surface area contributed by atoms with Gasteiger partial charge in [-0.3, -0.25) is 0 Å². The predicted octanol–water partition coefficient (Wildman–Crippen LogP) is 4.06. The number of aromatic nitrogens is 3. The van der Waals surface area contributed by atoms with Crippen molar-refractivity contribution in [3.8, 4) is 11.4 Å². The number of hydrogen-bond acceptors (Lipinski definition) is 2. The van der Waals surface area contributed by atoms with Crippen LogP contribution in [0.3, 0.4) is 0 Å². The fourth-order valence-corrected chi connectivity index (χ4v) is 2.25. The lowest BCUT2D eigenvalue weighted by Crippen LogP contribution is -2.07. The van der Waals surface area contributed by atoms with Crippen molar-refractivity contribution in [2.24, 2.45) is 0 Å². The minimum Gasteiger partial charge on any atom is -0.307 e. The molecule has 6 heteroatoms. The predicted molar refractivity (Wildman–Crippen MR) is 70.4 cm³/mol. The van der Waals surface area contributed by atoms with Gasteiger partial charge in [-0.05, 0) is 32.0 Å². The van der Waals surface area contributed by atoms with E-state index in [0.29, 0.717) is 22.2 Å². The number of halogens is 3. The molecule has 0 atom stereocenters. The summed E-state index contributed by atoms with van der Waals surface area (Å²) in [6.07, 6.45) is 0. The monoisotopic (exact) mass is 287 g/mol. The highest BCUT2D eigenvalue weighted by molar-refractivity contribution is 6.33. The molecular formula is C12H12Cl2FN3. The first kappa shape index (κ1) is 13.3. The number of alkyl halides is 1. The zero-order valence-corrected chi connectivity index (χ0v) is 11.5. The summed E-state index contributed by atoms with van der Waals surface area (Å²) in [6, 6.07) is 4.35. The Labute approximate surface area is 115 Å². The molecule has 0 radical (unpaired) electrons. The van der Waals surface area contributed by atoms with Crippen LogP contribution in [0.2, 0.25) is 5.02 Å². The number of rotatable bonds is 3. The van der Waals surface area contributed by atoms with Gasteiger partial charge in [0.25, 0.3) is 0 Å². The first-order chi connectivity index (χ1) is 8.54. The minimum atomic E-state index is -0.378. The molecule has 0 saturated heterocycles. The maximum Gasteiger partial charge on any atom is 0.165 e. The van der Waals surface area contributed by atoms with Crippen LogP contribution in [0.4, 0.5) is 4.39 Å². The van der Waals surface area contributed by atoms with Crippen molar-refractivity contribution in [1.82, 2.24) is 14.8 Å². The number of nitrogens with zero attached hydrogens (tertiary/aromatic N) is 3. The smallest absolute Gasteiger partial charge is 0.165 e. The van der Waals surface area contributed by atoms with Gasteiger partial charge < -0.3 is 4.57 Å². The van der Waals surface area contributed by atoms with Gasteiger partial charge >= 0.3 is 0 Å². The molecule has 0 aliphatic heterocycles. The maximum atomic E-state index is 13.0. The quantitative estimate of drug-likeness (QED) is 0.797. The Kier molecular flexibility index (Phi) is 3.88. The van der Waals surface area contributed by atoms with Crippen LogP contribution in [0.25, 0.3) is 11.4 Å². The Morgan fingerprint density at radius 1 is 1.33 bits per heavy atom. The molecule has 3 nitrogen and oxygen atoms in total. The van der Waals surface area contributed by atoms with Crippen LogP contribution in [0, 0.1) is 5.82 Å². The summed E-state index contributed by atoms with van der Waals surface area (Å²) >= 11 is 11.9. The van der Waals surface area contributed by atoms with E-state index in [9.17, 15) is 4.39 Å². The van der Waals surface area contributed by atoms with E-state index in [2.05, 4.69) is 10.2 Å². The average Bonchev–Trinajstić information content (AvgIpc) is 2.72. The van der Waals surface area contributed by atoms with Crippen molar-refractivity contribution in [3.05, 3.63) is 34.9 Å². The van der Waals surface area contributed by atoms with E-state index < -0.39 is 0 Å². The van der Waals surface area contributed by atoms with Crippen LogP contribution in [0.1, 0.15) is 25.7 Å². The second-order valence-corrected chi connectivity index (χ2v) is 4.84. The van der Waals surface area contributed by atoms with Gasteiger partial charge in [0.15, 0.2) is 5.82 Å². The van der Waals surface area contributed by atoms with Crippen molar-refractivity contribution >= 4 is 23.2 Å². The molecule has 2 aromatic rings. The van der Waals surface area contributed by atoms with E-state index in [1.807, 2.05) is 18.4 Å². The van der Waals surface area contributed by atoms with Crippen molar-refractivity contribution < 1.29 is 4.39 Å². The first-order valence-corrected chi connectivity index (χ1v) is 6.41. The molecule has 1 aromatic carbocycles. The molecule has 0 N–H and O–H groups in total. The molecule has 2 rings (SSSR count). The normalized spacial score (nSPS) is 11.2. The van der Waals surface area contributed by atoms with E-state index in [1.165, 1.54) is 12.1 Å². The SMILES string of the molecule is CC(C)n1c(CCl)nnc1-c1ccc(F)cc1Cl. The van der Waals surface area contributed by atoms with Crippen LogP contribution < -0.4 is 0 Å². The van der Waals surface area contributed by atoms with Gasteiger partial charge in [-0.25, -0.2) is 4.39 Å². The molecule has 1 heterocycles. The standard InChI is InChI=1S/C12H12Cl2FN3/c1-7(2)18-11(6-13)16-17-12(18)9-4-3-8(15)5-10(9)14/h3-5,7H,6H2,1-2H3. The lowest BCUT2D eigenvalue weighted by atomic mass is 10.2. The summed E-state index contributed by atoms with van der Waals surface area (Å²) < 4.78 is 14.9. The summed E-state index contributed by atoms with van der Waals surface area (Å²) in [5, 5.41) is 8.43.